The van der Waals surface area contributed by atoms with Crippen LogP contribution in [0.3, 0.4) is 0 Å². The quantitative estimate of drug-likeness (QED) is 0.175. The topological polar surface area (TPSA) is 0 Å². The van der Waals surface area contributed by atoms with E-state index >= 15 is 0 Å². The smallest absolute Gasteiger partial charge is 0.00203 e. The molecule has 0 amide bonds. The van der Waals surface area contributed by atoms with Gasteiger partial charge in [-0.05, 0) is 123 Å². The van der Waals surface area contributed by atoms with Crippen molar-refractivity contribution in [2.75, 3.05) is 0 Å². The minimum Gasteiger partial charge on any atom is -0.0622 e. The van der Waals surface area contributed by atoms with E-state index in [9.17, 15) is 0 Å². The van der Waals surface area contributed by atoms with Crippen LogP contribution in [-0.4, -0.2) is 0 Å². The lowest BCUT2D eigenvalue weighted by atomic mass is 9.84. The molecule has 0 saturated carbocycles. The normalized spacial score (nSPS) is 11.8. The molecule has 0 unspecified atom stereocenters. The summed E-state index contributed by atoms with van der Waals surface area (Å²) in [4.78, 5) is 0. The predicted molar refractivity (Wildman–Crippen MR) is 207 cm³/mol. The Labute approximate surface area is 279 Å². The zero-order chi connectivity index (χ0) is 31.6. The molecule has 0 nitrogen and oxygen atoms in total. The number of fused-ring (bicyclic) bond motifs is 2. The van der Waals surface area contributed by atoms with E-state index in [2.05, 4.69) is 182 Å². The van der Waals surface area contributed by atoms with E-state index in [4.69, 9.17) is 0 Å². The summed E-state index contributed by atoms with van der Waals surface area (Å²) < 4.78 is 0. The van der Waals surface area contributed by atoms with Crippen LogP contribution in [0.25, 0.3) is 98.4 Å². The molecule has 0 radical (unpaired) electrons. The fourth-order valence-electron chi connectivity index (χ4n) is 7.91. The molecule has 0 aliphatic heterocycles. The van der Waals surface area contributed by atoms with Crippen molar-refractivity contribution >= 4 is 53.9 Å². The highest BCUT2D eigenvalue weighted by Gasteiger charge is 2.19. The van der Waals surface area contributed by atoms with Crippen molar-refractivity contribution in [2.24, 2.45) is 0 Å². The highest BCUT2D eigenvalue weighted by molar-refractivity contribution is 6.28. The van der Waals surface area contributed by atoms with Crippen molar-refractivity contribution < 1.29 is 0 Å². The third kappa shape index (κ3) is 4.16. The molecule has 0 heteroatoms. The van der Waals surface area contributed by atoms with E-state index < -0.39 is 0 Å². The van der Waals surface area contributed by atoms with Crippen molar-refractivity contribution in [1.82, 2.24) is 0 Å². The Morgan fingerprint density at radius 2 is 0.542 bits per heavy atom. The highest BCUT2D eigenvalue weighted by Crippen LogP contribution is 2.46. The molecule has 0 atom stereocenters. The average Bonchev–Trinajstić information content (AvgIpc) is 3.16. The molecule has 222 valence electrons. The third-order valence-corrected chi connectivity index (χ3v) is 10.2. The minimum absolute atomic E-state index is 1.23. The Morgan fingerprint density at radius 1 is 0.208 bits per heavy atom. The molecule has 0 bridgehead atoms. The molecule has 0 aromatic heterocycles. The van der Waals surface area contributed by atoms with E-state index in [0.717, 1.165) is 0 Å². The zero-order valence-corrected chi connectivity index (χ0v) is 26.3. The first-order valence-corrected chi connectivity index (χ1v) is 16.7. The summed E-state index contributed by atoms with van der Waals surface area (Å²) in [6.07, 6.45) is 0. The molecule has 0 saturated heterocycles. The van der Waals surface area contributed by atoms with Crippen molar-refractivity contribution in [1.29, 1.82) is 0 Å². The molecule has 10 aromatic carbocycles. The van der Waals surface area contributed by atoms with Gasteiger partial charge in [-0.15, -0.1) is 0 Å². The van der Waals surface area contributed by atoms with Crippen molar-refractivity contribution in [2.45, 2.75) is 0 Å². The minimum atomic E-state index is 1.23. The first-order valence-electron chi connectivity index (χ1n) is 16.7. The Hall–Kier alpha value is -6.24. The predicted octanol–water partition coefficient (Wildman–Crippen LogP) is 13.6. The van der Waals surface area contributed by atoms with E-state index in [1.165, 1.54) is 98.4 Å². The van der Waals surface area contributed by atoms with Gasteiger partial charge in [0.05, 0.1) is 0 Å². The largest absolute Gasteiger partial charge is 0.0622 e. The van der Waals surface area contributed by atoms with Gasteiger partial charge in [0.15, 0.2) is 0 Å². The molecule has 0 N–H and O–H groups in total. The van der Waals surface area contributed by atoms with E-state index in [1.807, 2.05) is 0 Å². The lowest BCUT2D eigenvalue weighted by Gasteiger charge is -2.20. The Balaban J connectivity index is 1.28. The maximum absolute atomic E-state index is 2.39. The van der Waals surface area contributed by atoms with Crippen LogP contribution in [0.15, 0.2) is 182 Å². The van der Waals surface area contributed by atoms with Crippen LogP contribution in [0, 0.1) is 0 Å². The molecule has 48 heavy (non-hydrogen) atoms. The Kier molecular flexibility index (Phi) is 5.98. The number of rotatable bonds is 4. The van der Waals surface area contributed by atoms with Gasteiger partial charge < -0.3 is 0 Å². The second-order valence-electron chi connectivity index (χ2n) is 12.9. The van der Waals surface area contributed by atoms with Gasteiger partial charge in [0.2, 0.25) is 0 Å². The van der Waals surface area contributed by atoms with Gasteiger partial charge in [0.25, 0.3) is 0 Å². The lowest BCUT2D eigenvalue weighted by Crippen LogP contribution is -1.92. The molecule has 0 heterocycles. The molecule has 0 aliphatic rings. The molecule has 0 fully saturated rings. The third-order valence-electron chi connectivity index (χ3n) is 10.2. The van der Waals surface area contributed by atoms with Crippen LogP contribution in [0.5, 0.6) is 0 Å². The van der Waals surface area contributed by atoms with Crippen molar-refractivity contribution in [3.63, 3.8) is 0 Å². The van der Waals surface area contributed by atoms with Crippen LogP contribution < -0.4 is 0 Å². The first kappa shape index (κ1) is 26.9. The molecular formula is C48H30. The lowest BCUT2D eigenvalue weighted by molar-refractivity contribution is 1.62. The van der Waals surface area contributed by atoms with Crippen LogP contribution in [0.4, 0.5) is 0 Å². The summed E-state index contributed by atoms with van der Waals surface area (Å²) in [5.41, 5.74) is 10.0. The summed E-state index contributed by atoms with van der Waals surface area (Å²) >= 11 is 0. The monoisotopic (exact) mass is 606 g/mol. The molecular weight excluding hydrogens is 577 g/mol. The van der Waals surface area contributed by atoms with Crippen molar-refractivity contribution in [3.8, 4) is 44.5 Å². The zero-order valence-electron chi connectivity index (χ0n) is 26.3. The van der Waals surface area contributed by atoms with Crippen LogP contribution in [0.2, 0.25) is 0 Å². The number of hydrogen-bond donors (Lipinski definition) is 0. The highest BCUT2D eigenvalue weighted by atomic mass is 14.2. The summed E-state index contributed by atoms with van der Waals surface area (Å²) in [5, 5.41) is 12.8. The van der Waals surface area contributed by atoms with Gasteiger partial charge in [0, 0.05) is 0 Å². The Morgan fingerprint density at radius 3 is 0.938 bits per heavy atom. The molecule has 0 aliphatic carbocycles. The summed E-state index contributed by atoms with van der Waals surface area (Å²) in [6, 6.07) is 67.2. The van der Waals surface area contributed by atoms with Gasteiger partial charge in [-0.3, -0.25) is 0 Å². The van der Waals surface area contributed by atoms with Gasteiger partial charge >= 0.3 is 0 Å². The standard InChI is InChI=1S/C48H30/c1-3-11-31(12-4-1)43-27-35-15-7-9-17-37(35)29-45(43)39-23-19-33-22-26-42-40(24-20-34-21-25-41(39)47(33)48(34)42)46-30-38-18-10-8-16-36(38)28-44(46)32-13-5-2-6-14-32/h1-30H. The summed E-state index contributed by atoms with van der Waals surface area (Å²) in [7, 11) is 0. The maximum Gasteiger partial charge on any atom is -0.00203 e. The van der Waals surface area contributed by atoms with Gasteiger partial charge in [0.1, 0.15) is 0 Å². The van der Waals surface area contributed by atoms with Crippen molar-refractivity contribution in [3.05, 3.63) is 182 Å². The summed E-state index contributed by atoms with van der Waals surface area (Å²) in [6.45, 7) is 0. The second-order valence-corrected chi connectivity index (χ2v) is 12.9. The second kappa shape index (κ2) is 10.7. The summed E-state index contributed by atoms with van der Waals surface area (Å²) in [5.74, 6) is 0. The number of hydrogen-bond acceptors (Lipinski definition) is 0. The molecule has 10 rings (SSSR count). The van der Waals surface area contributed by atoms with E-state index in [-0.39, 0.29) is 0 Å². The fourth-order valence-corrected chi connectivity index (χ4v) is 7.91. The SMILES string of the molecule is c1ccc(-c2cc3ccccc3cc2-c2ccc3ccc4c(-c5cc6ccccc6cc5-c5ccccc5)ccc5ccc2c3c54)cc1. The van der Waals surface area contributed by atoms with E-state index in [1.54, 1.807) is 0 Å². The maximum atomic E-state index is 2.39. The Bertz CT molecular complexity index is 2610. The van der Waals surface area contributed by atoms with Gasteiger partial charge in [-0.2, -0.15) is 0 Å². The average molecular weight is 607 g/mol. The molecule has 10 aromatic rings. The van der Waals surface area contributed by atoms with Gasteiger partial charge in [-0.1, -0.05) is 158 Å². The first-order chi connectivity index (χ1) is 23.8. The van der Waals surface area contributed by atoms with Crippen LogP contribution in [0.1, 0.15) is 0 Å². The van der Waals surface area contributed by atoms with Crippen LogP contribution in [-0.2, 0) is 0 Å². The molecule has 0 spiro atoms. The number of benzene rings is 10. The van der Waals surface area contributed by atoms with E-state index in [0.29, 0.717) is 0 Å². The van der Waals surface area contributed by atoms with Crippen LogP contribution >= 0.6 is 0 Å². The fraction of sp³-hybridized carbons (Fsp3) is 0. The van der Waals surface area contributed by atoms with Gasteiger partial charge in [-0.25, -0.2) is 0 Å².